The first kappa shape index (κ1) is 9.48. The SMILES string of the molecule is O=CC1(CC(F)(F)C(F)F)CC1. The standard InChI is InChI=1S/C7H8F4O/c8-5(9)7(10,11)3-6(4-12)1-2-6/h4-5H,1-3H2. The van der Waals surface area contributed by atoms with Gasteiger partial charge in [-0.1, -0.05) is 0 Å². The summed E-state index contributed by atoms with van der Waals surface area (Å²) in [6.07, 6.45) is -3.71. The van der Waals surface area contributed by atoms with Crippen LogP contribution in [0.1, 0.15) is 19.3 Å². The zero-order valence-electron chi connectivity index (χ0n) is 6.20. The van der Waals surface area contributed by atoms with Gasteiger partial charge in [-0.3, -0.25) is 0 Å². The van der Waals surface area contributed by atoms with Gasteiger partial charge in [-0.05, 0) is 12.8 Å². The summed E-state index contributed by atoms with van der Waals surface area (Å²) >= 11 is 0. The van der Waals surface area contributed by atoms with Crippen molar-refractivity contribution in [2.24, 2.45) is 5.41 Å². The Balaban J connectivity index is 2.55. The summed E-state index contributed by atoms with van der Waals surface area (Å²) in [5.41, 5.74) is -1.15. The zero-order valence-corrected chi connectivity index (χ0v) is 6.20. The summed E-state index contributed by atoms with van der Waals surface area (Å²) in [6, 6.07) is 0. The number of carbonyl (C=O) groups excluding carboxylic acids is 1. The molecule has 0 unspecified atom stereocenters. The second-order valence-corrected chi connectivity index (χ2v) is 3.22. The van der Waals surface area contributed by atoms with Gasteiger partial charge in [0.05, 0.1) is 0 Å². The molecule has 0 radical (unpaired) electrons. The molecule has 70 valence electrons. The minimum Gasteiger partial charge on any atom is -0.303 e. The van der Waals surface area contributed by atoms with Gasteiger partial charge >= 0.3 is 12.3 Å². The summed E-state index contributed by atoms with van der Waals surface area (Å²) in [4.78, 5) is 10.2. The fourth-order valence-corrected chi connectivity index (χ4v) is 1.04. The van der Waals surface area contributed by atoms with Gasteiger partial charge in [0.25, 0.3) is 0 Å². The van der Waals surface area contributed by atoms with Crippen LogP contribution >= 0.6 is 0 Å². The van der Waals surface area contributed by atoms with E-state index in [0.29, 0.717) is 19.1 Å². The Morgan fingerprint density at radius 2 is 1.92 bits per heavy atom. The van der Waals surface area contributed by atoms with Crippen molar-refractivity contribution in [3.05, 3.63) is 0 Å². The van der Waals surface area contributed by atoms with Crippen molar-refractivity contribution in [2.75, 3.05) is 0 Å². The maximum atomic E-state index is 12.4. The predicted molar refractivity (Wildman–Crippen MR) is 33.3 cm³/mol. The van der Waals surface area contributed by atoms with Crippen LogP contribution in [0, 0.1) is 5.41 Å². The number of alkyl halides is 4. The van der Waals surface area contributed by atoms with Crippen LogP contribution in [0.5, 0.6) is 0 Å². The Labute approximate surface area is 66.7 Å². The molecule has 1 aliphatic carbocycles. The average molecular weight is 184 g/mol. The highest BCUT2D eigenvalue weighted by Gasteiger charge is 2.54. The number of halogens is 4. The Kier molecular flexibility index (Phi) is 2.14. The molecule has 0 N–H and O–H groups in total. The van der Waals surface area contributed by atoms with E-state index in [1.165, 1.54) is 0 Å². The molecule has 0 aromatic rings. The van der Waals surface area contributed by atoms with Crippen molar-refractivity contribution in [1.29, 1.82) is 0 Å². The van der Waals surface area contributed by atoms with Gasteiger partial charge in [0.1, 0.15) is 6.29 Å². The van der Waals surface area contributed by atoms with Crippen LogP contribution in [-0.4, -0.2) is 18.6 Å². The molecule has 0 aromatic carbocycles. The first-order valence-electron chi connectivity index (χ1n) is 3.54. The van der Waals surface area contributed by atoms with Crippen LogP contribution < -0.4 is 0 Å². The topological polar surface area (TPSA) is 17.1 Å². The second kappa shape index (κ2) is 2.71. The Morgan fingerprint density at radius 3 is 2.17 bits per heavy atom. The molecule has 0 amide bonds. The number of aldehydes is 1. The molecule has 0 aromatic heterocycles. The van der Waals surface area contributed by atoms with Crippen LogP contribution in [0.25, 0.3) is 0 Å². The van der Waals surface area contributed by atoms with E-state index in [-0.39, 0.29) is 0 Å². The monoisotopic (exact) mass is 184 g/mol. The van der Waals surface area contributed by atoms with Gasteiger partial charge in [0.15, 0.2) is 0 Å². The molecule has 1 aliphatic rings. The zero-order chi connectivity index (χ0) is 9.41. The lowest BCUT2D eigenvalue weighted by Crippen LogP contribution is -2.30. The molecule has 0 saturated heterocycles. The fraction of sp³-hybridized carbons (Fsp3) is 0.857. The lowest BCUT2D eigenvalue weighted by molar-refractivity contribution is -0.147. The molecule has 1 saturated carbocycles. The van der Waals surface area contributed by atoms with Crippen molar-refractivity contribution in [3.63, 3.8) is 0 Å². The third-order valence-electron chi connectivity index (χ3n) is 2.05. The van der Waals surface area contributed by atoms with Crippen molar-refractivity contribution >= 4 is 6.29 Å². The minimum atomic E-state index is -4.02. The largest absolute Gasteiger partial charge is 0.308 e. The van der Waals surface area contributed by atoms with E-state index >= 15 is 0 Å². The molecule has 12 heavy (non-hydrogen) atoms. The van der Waals surface area contributed by atoms with E-state index in [0.717, 1.165) is 0 Å². The average Bonchev–Trinajstić information content (AvgIpc) is 2.68. The highest BCUT2D eigenvalue weighted by atomic mass is 19.3. The minimum absolute atomic E-state index is 0.304. The molecule has 1 nitrogen and oxygen atoms in total. The second-order valence-electron chi connectivity index (χ2n) is 3.22. The highest BCUT2D eigenvalue weighted by Crippen LogP contribution is 2.51. The third-order valence-corrected chi connectivity index (χ3v) is 2.05. The smallest absolute Gasteiger partial charge is 0.303 e. The van der Waals surface area contributed by atoms with Crippen molar-refractivity contribution in [3.8, 4) is 0 Å². The summed E-state index contributed by atoms with van der Waals surface area (Å²) in [6.45, 7) is 0. The summed E-state index contributed by atoms with van der Waals surface area (Å²) < 4.78 is 48.0. The van der Waals surface area contributed by atoms with Gasteiger partial charge in [-0.15, -0.1) is 0 Å². The molecule has 1 rings (SSSR count). The number of rotatable bonds is 4. The number of hydrogen-bond donors (Lipinski definition) is 0. The summed E-state index contributed by atoms with van der Waals surface area (Å²) in [5, 5.41) is 0. The normalized spacial score (nSPS) is 21.1. The van der Waals surface area contributed by atoms with E-state index < -0.39 is 24.2 Å². The van der Waals surface area contributed by atoms with E-state index in [1.54, 1.807) is 0 Å². The lowest BCUT2D eigenvalue weighted by atomic mass is 10.00. The molecule has 0 bridgehead atoms. The van der Waals surface area contributed by atoms with Crippen molar-refractivity contribution < 1.29 is 22.4 Å². The first-order chi connectivity index (χ1) is 5.42. The van der Waals surface area contributed by atoms with Crippen LogP contribution in [0.3, 0.4) is 0 Å². The fourth-order valence-electron chi connectivity index (χ4n) is 1.04. The van der Waals surface area contributed by atoms with Crippen LogP contribution in [0.15, 0.2) is 0 Å². The predicted octanol–water partition coefficient (Wildman–Crippen LogP) is 2.26. The molecule has 0 aliphatic heterocycles. The number of hydrogen-bond acceptors (Lipinski definition) is 1. The van der Waals surface area contributed by atoms with E-state index in [1.807, 2.05) is 0 Å². The molecular formula is C7H8F4O. The van der Waals surface area contributed by atoms with Gasteiger partial charge in [-0.25, -0.2) is 17.6 Å². The van der Waals surface area contributed by atoms with Crippen LogP contribution in [-0.2, 0) is 4.79 Å². The number of carbonyl (C=O) groups is 1. The Hall–Kier alpha value is -0.610. The summed E-state index contributed by atoms with van der Waals surface area (Å²) in [7, 11) is 0. The van der Waals surface area contributed by atoms with Gasteiger partial charge in [-0.2, -0.15) is 0 Å². The van der Waals surface area contributed by atoms with Gasteiger partial charge < -0.3 is 4.79 Å². The molecule has 0 atom stereocenters. The van der Waals surface area contributed by atoms with E-state index in [4.69, 9.17) is 0 Å². The molecule has 0 heterocycles. The maximum absolute atomic E-state index is 12.4. The Morgan fingerprint density at radius 1 is 1.42 bits per heavy atom. The van der Waals surface area contributed by atoms with Gasteiger partial charge in [0.2, 0.25) is 0 Å². The molecule has 5 heteroatoms. The van der Waals surface area contributed by atoms with Crippen molar-refractivity contribution in [1.82, 2.24) is 0 Å². The quantitative estimate of drug-likeness (QED) is 0.483. The maximum Gasteiger partial charge on any atom is 0.308 e. The molecular weight excluding hydrogens is 176 g/mol. The van der Waals surface area contributed by atoms with Crippen LogP contribution in [0.4, 0.5) is 17.6 Å². The molecule has 1 fully saturated rings. The summed E-state index contributed by atoms with van der Waals surface area (Å²) in [5.74, 6) is -4.02. The van der Waals surface area contributed by atoms with Gasteiger partial charge in [0, 0.05) is 11.8 Å². The van der Waals surface area contributed by atoms with Crippen LogP contribution in [0.2, 0.25) is 0 Å². The van der Waals surface area contributed by atoms with Crippen molar-refractivity contribution in [2.45, 2.75) is 31.6 Å². The molecule has 0 spiro atoms. The highest BCUT2D eigenvalue weighted by molar-refractivity contribution is 5.63. The van der Waals surface area contributed by atoms with E-state index in [9.17, 15) is 22.4 Å². The third kappa shape index (κ3) is 1.76. The lowest BCUT2D eigenvalue weighted by Gasteiger charge is -2.17. The first-order valence-corrected chi connectivity index (χ1v) is 3.54. The van der Waals surface area contributed by atoms with E-state index in [2.05, 4.69) is 0 Å². The Bertz CT molecular complexity index is 186.